The molecule has 1 fully saturated rings. The number of aliphatic imine (C=N–C) groups is 1. The van der Waals surface area contributed by atoms with Gasteiger partial charge in [-0.05, 0) is 0 Å². The quantitative estimate of drug-likeness (QED) is 0.573. The summed E-state index contributed by atoms with van der Waals surface area (Å²) in [7, 11) is 3.85. The van der Waals surface area contributed by atoms with Crippen LogP contribution in [0.4, 0.5) is 10.3 Å². The van der Waals surface area contributed by atoms with Crippen LogP contribution in [0.3, 0.4) is 0 Å². The van der Waals surface area contributed by atoms with Gasteiger partial charge in [0.15, 0.2) is 0 Å². The average molecular weight is 241 g/mol. The number of hydrogen-bond donors (Lipinski definition) is 0. The van der Waals surface area contributed by atoms with E-state index in [-0.39, 0.29) is 0 Å². The first-order chi connectivity index (χ1) is 7.75. The number of hydrogen-bond acceptors (Lipinski definition) is 6. The fourth-order valence-electron chi connectivity index (χ4n) is 1.31. The van der Waals surface area contributed by atoms with Gasteiger partial charge in [0.1, 0.15) is 0 Å². The summed E-state index contributed by atoms with van der Waals surface area (Å²) in [6.07, 6.45) is 1.73. The number of anilines is 1. The molecule has 0 atom stereocenters. The fourth-order valence-corrected chi connectivity index (χ4v) is 2.05. The van der Waals surface area contributed by atoms with Crippen LogP contribution in [0.5, 0.6) is 0 Å². The van der Waals surface area contributed by atoms with Gasteiger partial charge in [0.25, 0.3) is 0 Å². The first-order valence-electron chi connectivity index (χ1n) is 5.12. The monoisotopic (exact) mass is 241 g/mol. The Balaban J connectivity index is 2.01. The Kier molecular flexibility index (Phi) is 3.68. The highest BCUT2D eigenvalue weighted by molar-refractivity contribution is 7.18. The Morgan fingerprint density at radius 1 is 1.38 bits per heavy atom. The lowest BCUT2D eigenvalue weighted by Crippen LogP contribution is -2.36. The van der Waals surface area contributed by atoms with E-state index >= 15 is 0 Å². The highest BCUT2D eigenvalue weighted by Gasteiger charge is 2.15. The SMILES string of the molecule is CN(C)C=Nc1nnc(N2CCOCC2)s1. The summed E-state index contributed by atoms with van der Waals surface area (Å²) in [5.41, 5.74) is 0. The van der Waals surface area contributed by atoms with Crippen molar-refractivity contribution >= 4 is 27.9 Å². The van der Waals surface area contributed by atoms with Crippen molar-refractivity contribution in [3.05, 3.63) is 0 Å². The van der Waals surface area contributed by atoms with E-state index in [0.717, 1.165) is 31.4 Å². The third-order valence-corrected chi connectivity index (χ3v) is 2.98. The molecule has 0 N–H and O–H groups in total. The molecule has 7 heteroatoms. The second-order valence-electron chi connectivity index (χ2n) is 3.67. The van der Waals surface area contributed by atoms with Crippen LogP contribution in [0.1, 0.15) is 0 Å². The van der Waals surface area contributed by atoms with Gasteiger partial charge in [-0.2, -0.15) is 0 Å². The van der Waals surface area contributed by atoms with Crippen molar-refractivity contribution in [1.82, 2.24) is 15.1 Å². The summed E-state index contributed by atoms with van der Waals surface area (Å²) in [5.74, 6) is 0. The summed E-state index contributed by atoms with van der Waals surface area (Å²) in [6, 6.07) is 0. The molecule has 16 heavy (non-hydrogen) atoms. The van der Waals surface area contributed by atoms with E-state index in [1.54, 1.807) is 6.34 Å². The van der Waals surface area contributed by atoms with Gasteiger partial charge in [0.05, 0.1) is 19.6 Å². The summed E-state index contributed by atoms with van der Waals surface area (Å²) in [6.45, 7) is 3.28. The molecule has 1 aliphatic heterocycles. The molecule has 0 aromatic carbocycles. The number of morpholine rings is 1. The average Bonchev–Trinajstić information content (AvgIpc) is 2.76. The van der Waals surface area contributed by atoms with Crippen molar-refractivity contribution in [3.63, 3.8) is 0 Å². The van der Waals surface area contributed by atoms with Crippen LogP contribution in [-0.4, -0.2) is 61.8 Å². The zero-order valence-corrected chi connectivity index (χ0v) is 10.3. The Hall–Kier alpha value is -1.21. The summed E-state index contributed by atoms with van der Waals surface area (Å²) >= 11 is 1.50. The highest BCUT2D eigenvalue weighted by atomic mass is 32.1. The third-order valence-electron chi connectivity index (χ3n) is 2.08. The Labute approximate surface area is 98.6 Å². The first-order valence-corrected chi connectivity index (χ1v) is 5.94. The van der Waals surface area contributed by atoms with Crippen molar-refractivity contribution in [2.75, 3.05) is 45.3 Å². The van der Waals surface area contributed by atoms with Gasteiger partial charge in [0.2, 0.25) is 10.3 Å². The molecule has 0 aliphatic carbocycles. The van der Waals surface area contributed by atoms with Crippen molar-refractivity contribution in [2.45, 2.75) is 0 Å². The molecule has 88 valence electrons. The number of rotatable bonds is 3. The minimum absolute atomic E-state index is 0.690. The zero-order valence-electron chi connectivity index (χ0n) is 9.46. The smallest absolute Gasteiger partial charge is 0.234 e. The molecule has 0 amide bonds. The molecule has 0 unspecified atom stereocenters. The number of ether oxygens (including phenoxy) is 1. The Morgan fingerprint density at radius 2 is 2.12 bits per heavy atom. The molecule has 2 rings (SSSR count). The van der Waals surface area contributed by atoms with Crippen molar-refractivity contribution < 1.29 is 4.74 Å². The number of aromatic nitrogens is 2. The summed E-state index contributed by atoms with van der Waals surface area (Å²) in [4.78, 5) is 8.26. The van der Waals surface area contributed by atoms with Gasteiger partial charge in [-0.3, -0.25) is 0 Å². The lowest BCUT2D eigenvalue weighted by atomic mass is 10.5. The van der Waals surface area contributed by atoms with Crippen LogP contribution in [0, 0.1) is 0 Å². The fraction of sp³-hybridized carbons (Fsp3) is 0.667. The Bertz CT molecular complexity index is 359. The molecular formula is C9H15N5OS. The molecule has 6 nitrogen and oxygen atoms in total. The van der Waals surface area contributed by atoms with Gasteiger partial charge < -0.3 is 14.5 Å². The van der Waals surface area contributed by atoms with E-state index in [1.165, 1.54) is 11.3 Å². The van der Waals surface area contributed by atoms with Crippen LogP contribution in [-0.2, 0) is 4.74 Å². The molecule has 1 saturated heterocycles. The van der Waals surface area contributed by atoms with Gasteiger partial charge in [-0.15, -0.1) is 10.2 Å². The maximum absolute atomic E-state index is 5.29. The summed E-state index contributed by atoms with van der Waals surface area (Å²) < 4.78 is 5.29. The van der Waals surface area contributed by atoms with Crippen LogP contribution < -0.4 is 4.90 Å². The van der Waals surface area contributed by atoms with Crippen LogP contribution in [0.25, 0.3) is 0 Å². The summed E-state index contributed by atoms with van der Waals surface area (Å²) in [5, 5.41) is 9.76. The normalized spacial score (nSPS) is 17.0. The van der Waals surface area contributed by atoms with Crippen LogP contribution in [0.15, 0.2) is 4.99 Å². The minimum Gasteiger partial charge on any atom is -0.378 e. The predicted molar refractivity (Wildman–Crippen MR) is 64.8 cm³/mol. The van der Waals surface area contributed by atoms with Gasteiger partial charge in [0, 0.05) is 27.2 Å². The van der Waals surface area contributed by atoms with Gasteiger partial charge >= 0.3 is 0 Å². The maximum Gasteiger partial charge on any atom is 0.234 e. The van der Waals surface area contributed by atoms with E-state index in [2.05, 4.69) is 20.1 Å². The minimum atomic E-state index is 0.690. The predicted octanol–water partition coefficient (Wildman–Crippen LogP) is 0.596. The first kappa shape index (κ1) is 11.3. The Morgan fingerprint density at radius 3 is 2.81 bits per heavy atom. The van der Waals surface area contributed by atoms with E-state index in [0.29, 0.717) is 5.13 Å². The molecule has 0 bridgehead atoms. The van der Waals surface area contributed by atoms with E-state index < -0.39 is 0 Å². The molecule has 0 radical (unpaired) electrons. The molecule has 2 heterocycles. The van der Waals surface area contributed by atoms with Crippen LogP contribution in [0.2, 0.25) is 0 Å². The van der Waals surface area contributed by atoms with E-state index in [9.17, 15) is 0 Å². The van der Waals surface area contributed by atoms with Gasteiger partial charge in [-0.1, -0.05) is 11.3 Å². The number of nitrogens with zero attached hydrogens (tertiary/aromatic N) is 5. The largest absolute Gasteiger partial charge is 0.378 e. The van der Waals surface area contributed by atoms with Crippen molar-refractivity contribution in [2.24, 2.45) is 4.99 Å². The second kappa shape index (κ2) is 5.22. The maximum atomic E-state index is 5.29. The van der Waals surface area contributed by atoms with E-state index in [1.807, 2.05) is 19.0 Å². The van der Waals surface area contributed by atoms with Crippen molar-refractivity contribution in [3.8, 4) is 0 Å². The highest BCUT2D eigenvalue weighted by Crippen LogP contribution is 2.26. The molecule has 0 saturated carbocycles. The zero-order chi connectivity index (χ0) is 11.4. The molecule has 0 spiro atoms. The lowest BCUT2D eigenvalue weighted by Gasteiger charge is -2.25. The van der Waals surface area contributed by atoms with Gasteiger partial charge in [-0.25, -0.2) is 4.99 Å². The molecule has 1 aromatic heterocycles. The third kappa shape index (κ3) is 2.89. The molecular weight excluding hydrogens is 226 g/mol. The topological polar surface area (TPSA) is 53.9 Å². The lowest BCUT2D eigenvalue weighted by molar-refractivity contribution is 0.122. The molecule has 1 aliphatic rings. The van der Waals surface area contributed by atoms with Crippen LogP contribution >= 0.6 is 11.3 Å². The van der Waals surface area contributed by atoms with E-state index in [4.69, 9.17) is 4.74 Å². The standard InChI is InChI=1S/C9H15N5OS/c1-13(2)7-10-8-11-12-9(16-8)14-3-5-15-6-4-14/h7H,3-6H2,1-2H3. The second-order valence-corrected chi connectivity index (χ2v) is 4.61. The molecule has 1 aromatic rings. The van der Waals surface area contributed by atoms with Crippen molar-refractivity contribution in [1.29, 1.82) is 0 Å².